The number of cyclic esters (lactones) is 1. The summed E-state index contributed by atoms with van der Waals surface area (Å²) in [6.07, 6.45) is 5.54. The third kappa shape index (κ3) is 11.1. The van der Waals surface area contributed by atoms with Crippen LogP contribution in [-0.2, 0) is 33.2 Å². The number of aliphatic hydroxyl groups excluding tert-OH is 2. The molecule has 53 heavy (non-hydrogen) atoms. The summed E-state index contributed by atoms with van der Waals surface area (Å²) in [5, 5.41) is 23.2. The van der Waals surface area contributed by atoms with Crippen LogP contribution in [0.3, 0.4) is 0 Å². The van der Waals surface area contributed by atoms with Gasteiger partial charge in [-0.3, -0.25) is 0 Å². The maximum Gasteiger partial charge on any atom is 0.373 e. The number of hydrogen-bond donors (Lipinski definition) is 2. The molecule has 0 saturated carbocycles. The van der Waals surface area contributed by atoms with Gasteiger partial charge in [-0.2, -0.15) is 0 Å². The first kappa shape index (κ1) is 44.1. The average molecular weight is 741 g/mol. The Hall–Kier alpha value is -3.28. The highest BCUT2D eigenvalue weighted by Crippen LogP contribution is 2.44. The van der Waals surface area contributed by atoms with E-state index >= 15 is 0 Å². The minimum Gasteiger partial charge on any atom is -0.490 e. The number of carbonyl (C=O) groups excluding carboxylic acids is 2. The summed E-state index contributed by atoms with van der Waals surface area (Å²) < 4.78 is 36.7. The van der Waals surface area contributed by atoms with Gasteiger partial charge in [0, 0.05) is 44.3 Å². The summed E-state index contributed by atoms with van der Waals surface area (Å²) in [6, 6.07) is 8.84. The van der Waals surface area contributed by atoms with Crippen LogP contribution in [0, 0.1) is 35.5 Å². The highest BCUT2D eigenvalue weighted by molar-refractivity contribution is 5.89. The number of rotatable bonds is 10. The van der Waals surface area contributed by atoms with Gasteiger partial charge in [0.1, 0.15) is 18.3 Å². The Bertz CT molecular complexity index is 1460. The van der Waals surface area contributed by atoms with Gasteiger partial charge in [0.2, 0.25) is 5.76 Å². The van der Waals surface area contributed by atoms with Crippen LogP contribution in [0.1, 0.15) is 85.5 Å². The van der Waals surface area contributed by atoms with Crippen molar-refractivity contribution in [3.63, 3.8) is 0 Å². The van der Waals surface area contributed by atoms with E-state index in [1.54, 1.807) is 43.3 Å². The van der Waals surface area contributed by atoms with Crippen molar-refractivity contribution in [1.82, 2.24) is 0 Å². The van der Waals surface area contributed by atoms with E-state index in [1.165, 1.54) is 21.3 Å². The third-order valence-corrected chi connectivity index (χ3v) is 11.1. The van der Waals surface area contributed by atoms with Crippen molar-refractivity contribution in [2.75, 3.05) is 21.3 Å². The molecule has 2 N–H and O–H groups in total. The average Bonchev–Trinajstić information content (AvgIpc) is 3.14. The lowest BCUT2D eigenvalue weighted by Gasteiger charge is -2.51. The van der Waals surface area contributed by atoms with Crippen LogP contribution in [0.25, 0.3) is 0 Å². The number of ether oxygens (including phenoxy) is 6. The van der Waals surface area contributed by atoms with Crippen LogP contribution in [0.5, 0.6) is 0 Å². The maximum absolute atomic E-state index is 13.8. The Morgan fingerprint density at radius 2 is 1.66 bits per heavy atom. The molecule has 3 rings (SSSR count). The second-order valence-corrected chi connectivity index (χ2v) is 15.5. The number of esters is 2. The highest BCUT2D eigenvalue weighted by Gasteiger charge is 2.54. The Labute approximate surface area is 317 Å². The summed E-state index contributed by atoms with van der Waals surface area (Å²) in [7, 11) is 4.45. The fourth-order valence-electron chi connectivity index (χ4n) is 7.75. The number of benzene rings is 1. The van der Waals surface area contributed by atoms with Crippen molar-refractivity contribution in [1.29, 1.82) is 0 Å². The van der Waals surface area contributed by atoms with E-state index < -0.39 is 60.1 Å². The molecular formula is C43H64O10. The van der Waals surface area contributed by atoms with E-state index in [-0.39, 0.29) is 42.0 Å². The fourth-order valence-corrected chi connectivity index (χ4v) is 7.75. The molecule has 1 aromatic rings. The van der Waals surface area contributed by atoms with Gasteiger partial charge in [-0.25, -0.2) is 9.59 Å². The van der Waals surface area contributed by atoms with Crippen LogP contribution < -0.4 is 0 Å². The van der Waals surface area contributed by atoms with Gasteiger partial charge in [-0.15, -0.1) is 0 Å². The zero-order valence-electron chi connectivity index (χ0n) is 33.8. The molecule has 2 heterocycles. The van der Waals surface area contributed by atoms with Gasteiger partial charge in [-0.1, -0.05) is 102 Å². The Kier molecular flexibility index (Phi) is 16.5. The van der Waals surface area contributed by atoms with Gasteiger partial charge in [-0.05, 0) is 50.3 Å². The number of methoxy groups -OCH3 is 3. The first-order valence-electron chi connectivity index (χ1n) is 18.9. The van der Waals surface area contributed by atoms with Gasteiger partial charge in [0.05, 0.1) is 31.0 Å². The molecule has 0 aromatic heterocycles. The fraction of sp³-hybridized carbons (Fsp3) is 0.628. The second-order valence-electron chi connectivity index (χ2n) is 15.5. The molecule has 2 aliphatic heterocycles. The lowest BCUT2D eigenvalue weighted by molar-refractivity contribution is -0.338. The number of aliphatic hydroxyl groups is 2. The predicted molar refractivity (Wildman–Crippen MR) is 205 cm³/mol. The second kappa shape index (κ2) is 19.9. The minimum atomic E-state index is -1.35. The van der Waals surface area contributed by atoms with Crippen molar-refractivity contribution < 1.29 is 48.2 Å². The first-order valence-corrected chi connectivity index (χ1v) is 18.9. The van der Waals surface area contributed by atoms with E-state index in [0.29, 0.717) is 12.0 Å². The molecule has 296 valence electrons. The quantitative estimate of drug-likeness (QED) is 0.238. The van der Waals surface area contributed by atoms with Crippen molar-refractivity contribution in [3.8, 4) is 0 Å². The van der Waals surface area contributed by atoms with E-state index in [2.05, 4.69) is 0 Å². The molecule has 0 bridgehead atoms. The molecule has 2 aliphatic rings. The topological polar surface area (TPSA) is 130 Å². The van der Waals surface area contributed by atoms with E-state index in [4.69, 9.17) is 28.4 Å². The molecule has 0 spiro atoms. The van der Waals surface area contributed by atoms with Crippen LogP contribution >= 0.6 is 0 Å². The number of allylic oxidation sites excluding steroid dienone is 5. The minimum absolute atomic E-state index is 0.0140. The molecule has 0 radical (unpaired) electrons. The molecule has 10 nitrogen and oxygen atoms in total. The molecular weight excluding hydrogens is 676 g/mol. The highest BCUT2D eigenvalue weighted by atomic mass is 16.7. The van der Waals surface area contributed by atoms with Crippen LogP contribution in [0.2, 0.25) is 0 Å². The third-order valence-electron chi connectivity index (χ3n) is 11.1. The lowest BCUT2D eigenvalue weighted by atomic mass is 9.76. The SMILES string of the molecule is CO/C1=C/C(C)=C/C(C)C(O)C(C)C/C(C)=C/C=C\C(OC)C(C(C)C(O)C(C)C2(OC)CC(OC(=O)c3ccccc3)C(C)C(C(C)C)O2)OC1=O. The smallest absolute Gasteiger partial charge is 0.373 e. The normalized spacial score (nSPS) is 36.0. The van der Waals surface area contributed by atoms with Gasteiger partial charge in [0.25, 0.3) is 0 Å². The molecule has 0 amide bonds. The Morgan fingerprint density at radius 1 is 1.00 bits per heavy atom. The summed E-state index contributed by atoms with van der Waals surface area (Å²) in [6.45, 7) is 17.5. The van der Waals surface area contributed by atoms with Gasteiger partial charge < -0.3 is 38.6 Å². The predicted octanol–water partition coefficient (Wildman–Crippen LogP) is 7.21. The van der Waals surface area contributed by atoms with E-state index in [9.17, 15) is 19.8 Å². The molecule has 12 atom stereocenters. The molecule has 12 unspecified atom stereocenters. The zero-order chi connectivity index (χ0) is 39.6. The van der Waals surface area contributed by atoms with Gasteiger partial charge >= 0.3 is 11.9 Å². The van der Waals surface area contributed by atoms with Crippen LogP contribution in [0.4, 0.5) is 0 Å². The largest absolute Gasteiger partial charge is 0.490 e. The summed E-state index contributed by atoms with van der Waals surface area (Å²) in [5.74, 6) is -4.27. The standard InChI is InChI=1S/C43H64O10/c1-25(2)39-30(7)36(51-41(46)33-18-14-13-15-19-33)24-43(50-12,53-39)32(9)38(45)31(8)40-34(48-10)20-16-17-26(3)21-28(5)37(44)29(6)22-27(4)23-35(49-11)42(47)52-40/h13-20,22-23,25,28-32,34,36-40,44-45H,21,24H2,1-12H3/b20-16-,26-17+,27-22+,35-23+. The molecule has 1 saturated heterocycles. The van der Waals surface area contributed by atoms with E-state index in [1.807, 2.05) is 79.7 Å². The number of carbonyl (C=O) groups is 2. The van der Waals surface area contributed by atoms with Crippen molar-refractivity contribution in [2.45, 2.75) is 118 Å². The van der Waals surface area contributed by atoms with E-state index in [0.717, 1.165) is 11.1 Å². The number of hydrogen-bond acceptors (Lipinski definition) is 10. The van der Waals surface area contributed by atoms with Crippen molar-refractivity contribution in [2.24, 2.45) is 35.5 Å². The van der Waals surface area contributed by atoms with Crippen LogP contribution in [-0.4, -0.2) is 85.9 Å². The zero-order valence-corrected chi connectivity index (χ0v) is 33.8. The maximum atomic E-state index is 13.8. The lowest BCUT2D eigenvalue weighted by Crippen LogP contribution is -2.60. The first-order chi connectivity index (χ1) is 25.0. The van der Waals surface area contributed by atoms with Crippen LogP contribution in [0.15, 0.2) is 77.6 Å². The van der Waals surface area contributed by atoms with Gasteiger partial charge in [0.15, 0.2) is 5.79 Å². The Balaban J connectivity index is 2.03. The molecule has 0 aliphatic carbocycles. The van der Waals surface area contributed by atoms with Crippen molar-refractivity contribution >= 4 is 11.9 Å². The molecule has 1 aromatic carbocycles. The molecule has 1 fully saturated rings. The molecule has 10 heteroatoms. The summed E-state index contributed by atoms with van der Waals surface area (Å²) >= 11 is 0. The van der Waals surface area contributed by atoms with Crippen molar-refractivity contribution in [3.05, 3.63) is 83.2 Å². The summed E-state index contributed by atoms with van der Waals surface area (Å²) in [4.78, 5) is 27.0. The summed E-state index contributed by atoms with van der Waals surface area (Å²) in [5.41, 5.74) is 2.23. The monoisotopic (exact) mass is 740 g/mol. The Morgan fingerprint density at radius 3 is 2.25 bits per heavy atom.